The quantitative estimate of drug-likeness (QED) is 0.506. The van der Waals surface area contributed by atoms with Crippen LogP contribution >= 0.6 is 0 Å². The number of aliphatic hydroxyl groups excluding tert-OH is 1. The van der Waals surface area contributed by atoms with Crippen LogP contribution in [0.1, 0.15) is 54.3 Å². The van der Waals surface area contributed by atoms with Crippen molar-refractivity contribution in [2.24, 2.45) is 18.9 Å². The fourth-order valence-electron chi connectivity index (χ4n) is 4.73. The predicted octanol–water partition coefficient (Wildman–Crippen LogP) is 4.02. The van der Waals surface area contributed by atoms with E-state index in [0.29, 0.717) is 13.1 Å². The molecule has 0 saturated carbocycles. The normalized spacial score (nSPS) is 21.0. The number of aryl methyl sites for hydroxylation is 1. The fourth-order valence-corrected chi connectivity index (χ4v) is 4.73. The first kappa shape index (κ1) is 27.5. The summed E-state index contributed by atoms with van der Waals surface area (Å²) >= 11 is 0. The number of pyridine rings is 1. The number of halogens is 4. The van der Waals surface area contributed by atoms with Gasteiger partial charge in [-0.05, 0) is 49.9 Å². The Kier molecular flexibility index (Phi) is 7.21. The molecule has 1 aromatic carbocycles. The number of alkyl halides is 3. The maximum atomic E-state index is 15.0. The number of aliphatic hydroxyl groups is 1. The Bertz CT molecular complexity index is 1440. The molecule has 38 heavy (non-hydrogen) atoms. The highest BCUT2D eigenvalue weighted by Gasteiger charge is 2.38. The number of benzene rings is 1. The van der Waals surface area contributed by atoms with E-state index < -0.39 is 46.9 Å². The molecule has 0 aliphatic carbocycles. The Morgan fingerprint density at radius 2 is 1.79 bits per heavy atom. The number of carbonyl (C=O) groups excluding carboxylic acids is 1. The van der Waals surface area contributed by atoms with E-state index in [1.807, 2.05) is 13.8 Å². The van der Waals surface area contributed by atoms with E-state index >= 15 is 0 Å². The van der Waals surface area contributed by atoms with Gasteiger partial charge in [0.1, 0.15) is 11.9 Å². The van der Waals surface area contributed by atoms with Gasteiger partial charge in [0.15, 0.2) is 22.9 Å². The molecule has 2 aromatic heterocycles. The van der Waals surface area contributed by atoms with Crippen LogP contribution in [0.4, 0.5) is 17.6 Å². The number of ether oxygens (including phenoxy) is 1. The minimum absolute atomic E-state index is 0.0478. The van der Waals surface area contributed by atoms with E-state index in [4.69, 9.17) is 4.74 Å². The Balaban J connectivity index is 1.64. The van der Waals surface area contributed by atoms with Crippen LogP contribution in [0, 0.1) is 24.6 Å². The lowest BCUT2D eigenvalue weighted by molar-refractivity contribution is -0.142. The zero-order valence-electron chi connectivity index (χ0n) is 21.5. The maximum absolute atomic E-state index is 15.0. The Morgan fingerprint density at radius 3 is 2.37 bits per heavy atom. The van der Waals surface area contributed by atoms with Crippen molar-refractivity contribution in [2.75, 3.05) is 13.1 Å². The van der Waals surface area contributed by atoms with Gasteiger partial charge in [-0.1, -0.05) is 13.8 Å². The minimum atomic E-state index is -4.89. The van der Waals surface area contributed by atoms with Crippen molar-refractivity contribution in [3.63, 3.8) is 0 Å². The third-order valence-electron chi connectivity index (χ3n) is 6.98. The molecule has 1 amide bonds. The van der Waals surface area contributed by atoms with Gasteiger partial charge in [0.2, 0.25) is 0 Å². The highest BCUT2D eigenvalue weighted by atomic mass is 19.4. The van der Waals surface area contributed by atoms with E-state index in [9.17, 15) is 32.3 Å². The molecule has 3 atom stereocenters. The summed E-state index contributed by atoms with van der Waals surface area (Å²) in [6.45, 7) is 7.02. The van der Waals surface area contributed by atoms with Crippen LogP contribution in [0.2, 0.25) is 0 Å². The van der Waals surface area contributed by atoms with E-state index in [1.165, 1.54) is 42.5 Å². The average molecular weight is 537 g/mol. The van der Waals surface area contributed by atoms with Crippen LogP contribution in [0.5, 0.6) is 5.75 Å². The van der Waals surface area contributed by atoms with Gasteiger partial charge in [-0.3, -0.25) is 14.2 Å². The van der Waals surface area contributed by atoms with E-state index in [0.717, 1.165) is 12.1 Å². The minimum Gasteiger partial charge on any atom is -0.483 e. The number of piperidine rings is 1. The van der Waals surface area contributed by atoms with E-state index in [2.05, 4.69) is 9.97 Å². The third kappa shape index (κ3) is 5.09. The largest absolute Gasteiger partial charge is 0.483 e. The number of aromatic nitrogens is 3. The second kappa shape index (κ2) is 9.97. The lowest BCUT2D eigenvalue weighted by atomic mass is 9.88. The number of fused-ring (bicyclic) bond motifs is 1. The molecule has 12 heteroatoms. The summed E-state index contributed by atoms with van der Waals surface area (Å²) in [7, 11) is 1.44. The lowest BCUT2D eigenvalue weighted by Crippen LogP contribution is -2.49. The molecule has 1 aliphatic rings. The topological polar surface area (TPSA) is 97.6 Å². The molecule has 0 radical (unpaired) electrons. The van der Waals surface area contributed by atoms with Gasteiger partial charge in [0.25, 0.3) is 11.5 Å². The summed E-state index contributed by atoms with van der Waals surface area (Å²) in [5.74, 6) is -1.83. The average Bonchev–Trinajstić information content (AvgIpc) is 2.85. The summed E-state index contributed by atoms with van der Waals surface area (Å²) in [4.78, 5) is 34.7. The van der Waals surface area contributed by atoms with E-state index in [1.54, 1.807) is 0 Å². The molecule has 0 bridgehead atoms. The first-order valence-electron chi connectivity index (χ1n) is 12.1. The zero-order valence-corrected chi connectivity index (χ0v) is 21.5. The van der Waals surface area contributed by atoms with Gasteiger partial charge < -0.3 is 14.7 Å². The first-order chi connectivity index (χ1) is 17.7. The first-order valence-corrected chi connectivity index (χ1v) is 12.1. The van der Waals surface area contributed by atoms with Crippen LogP contribution in [0.15, 0.2) is 29.1 Å². The number of rotatable bonds is 4. The fraction of sp³-hybridized carbons (Fsp3) is 0.462. The highest BCUT2D eigenvalue weighted by molar-refractivity contribution is 5.94. The molecule has 0 spiro atoms. The molecular weight excluding hydrogens is 508 g/mol. The highest BCUT2D eigenvalue weighted by Crippen LogP contribution is 2.36. The number of carbonyl (C=O) groups is 1. The molecule has 8 nitrogen and oxygen atoms in total. The van der Waals surface area contributed by atoms with Gasteiger partial charge >= 0.3 is 6.18 Å². The SMILES string of the molecule is Cc1nc2nc(C(F)(F)F)c(C(C)Oc3ccc(C(=O)N4CC(C)C(O)C(C)C4)cc3F)cc2c(=O)n1C. The van der Waals surface area contributed by atoms with Crippen molar-refractivity contribution in [2.45, 2.75) is 46.1 Å². The summed E-state index contributed by atoms with van der Waals surface area (Å²) in [5.41, 5.74) is -2.63. The number of hydrogen-bond donors (Lipinski definition) is 1. The molecule has 1 fully saturated rings. The van der Waals surface area contributed by atoms with Gasteiger partial charge in [0.05, 0.1) is 11.5 Å². The van der Waals surface area contributed by atoms with Gasteiger partial charge in [0, 0.05) is 31.3 Å². The Hall–Kier alpha value is -3.54. The summed E-state index contributed by atoms with van der Waals surface area (Å²) in [6.07, 6.45) is -6.78. The van der Waals surface area contributed by atoms with Crippen LogP contribution < -0.4 is 10.3 Å². The smallest absolute Gasteiger partial charge is 0.433 e. The van der Waals surface area contributed by atoms with Gasteiger partial charge in [-0.25, -0.2) is 14.4 Å². The molecule has 3 unspecified atom stereocenters. The van der Waals surface area contributed by atoms with Crippen molar-refractivity contribution in [3.8, 4) is 5.75 Å². The number of likely N-dealkylation sites (tertiary alicyclic amines) is 1. The van der Waals surface area contributed by atoms with Gasteiger partial charge in [-0.15, -0.1) is 0 Å². The molecule has 4 rings (SSSR count). The zero-order chi connectivity index (χ0) is 28.1. The molecule has 1 saturated heterocycles. The van der Waals surface area contributed by atoms with Crippen molar-refractivity contribution in [1.29, 1.82) is 0 Å². The summed E-state index contributed by atoms with van der Waals surface area (Å²) < 4.78 is 63.3. The lowest BCUT2D eigenvalue weighted by Gasteiger charge is -2.38. The molecule has 3 aromatic rings. The standard InChI is InChI=1S/C26H28F4N4O4/c1-12-10-34(11-13(2)21(12)35)24(36)16-6-7-20(19(27)8-16)38-14(3)17-9-18-23(32-22(17)26(28,29)30)31-15(4)33(5)25(18)37/h6-9,12-14,21,35H,10-11H2,1-5H3. The second-order valence-corrected chi connectivity index (χ2v) is 9.88. The molecule has 3 heterocycles. The summed E-state index contributed by atoms with van der Waals surface area (Å²) in [5, 5.41) is 10.0. The molecule has 204 valence electrons. The van der Waals surface area contributed by atoms with Crippen molar-refractivity contribution < 1.29 is 32.2 Å². The van der Waals surface area contributed by atoms with E-state index in [-0.39, 0.29) is 40.0 Å². The summed E-state index contributed by atoms with van der Waals surface area (Å²) in [6, 6.07) is 4.50. The van der Waals surface area contributed by atoms with Crippen LogP contribution in [-0.4, -0.2) is 49.6 Å². The van der Waals surface area contributed by atoms with Crippen molar-refractivity contribution in [3.05, 3.63) is 63.1 Å². The predicted molar refractivity (Wildman–Crippen MR) is 130 cm³/mol. The Morgan fingerprint density at radius 1 is 1.16 bits per heavy atom. The van der Waals surface area contributed by atoms with Crippen LogP contribution in [0.25, 0.3) is 11.0 Å². The number of nitrogens with zero attached hydrogens (tertiary/aromatic N) is 4. The number of hydrogen-bond acceptors (Lipinski definition) is 6. The van der Waals surface area contributed by atoms with Crippen molar-refractivity contribution in [1.82, 2.24) is 19.4 Å². The van der Waals surface area contributed by atoms with Gasteiger partial charge in [-0.2, -0.15) is 13.2 Å². The third-order valence-corrected chi connectivity index (χ3v) is 6.98. The number of amides is 1. The monoisotopic (exact) mass is 536 g/mol. The molecule has 1 aliphatic heterocycles. The van der Waals surface area contributed by atoms with Crippen LogP contribution in [-0.2, 0) is 13.2 Å². The van der Waals surface area contributed by atoms with Crippen molar-refractivity contribution >= 4 is 16.9 Å². The Labute approximate surface area is 215 Å². The molecular formula is C26H28F4N4O4. The van der Waals surface area contributed by atoms with Crippen LogP contribution in [0.3, 0.4) is 0 Å². The maximum Gasteiger partial charge on any atom is 0.433 e. The molecule has 1 N–H and O–H groups in total. The second-order valence-electron chi connectivity index (χ2n) is 9.88.